The second-order valence-corrected chi connectivity index (χ2v) is 9.17. The van der Waals surface area contributed by atoms with Crippen molar-refractivity contribution in [3.8, 4) is 11.5 Å². The van der Waals surface area contributed by atoms with Crippen molar-refractivity contribution in [2.45, 2.75) is 35.7 Å². The van der Waals surface area contributed by atoms with Gasteiger partial charge in [0.15, 0.2) is 11.5 Å². The Kier molecular flexibility index (Phi) is 4.56. The number of hydrogen-bond donors (Lipinski definition) is 1. The Labute approximate surface area is 167 Å². The predicted molar refractivity (Wildman–Crippen MR) is 102 cm³/mol. The molecule has 2 aliphatic heterocycles. The van der Waals surface area contributed by atoms with Gasteiger partial charge < -0.3 is 14.2 Å². The highest BCUT2D eigenvalue weighted by Crippen LogP contribution is 2.38. The second-order valence-electron chi connectivity index (χ2n) is 7.45. The summed E-state index contributed by atoms with van der Waals surface area (Å²) in [6.07, 6.45) is 2.12. The van der Waals surface area contributed by atoms with Crippen LogP contribution < -0.4 is 19.8 Å². The van der Waals surface area contributed by atoms with E-state index in [0.717, 1.165) is 18.5 Å². The van der Waals surface area contributed by atoms with E-state index in [9.17, 15) is 13.2 Å². The van der Waals surface area contributed by atoms with E-state index in [1.165, 1.54) is 22.9 Å². The van der Waals surface area contributed by atoms with E-state index in [4.69, 9.17) is 14.2 Å². The van der Waals surface area contributed by atoms with E-state index in [2.05, 4.69) is 9.82 Å². The summed E-state index contributed by atoms with van der Waals surface area (Å²) in [6, 6.07) is 6.63. The van der Waals surface area contributed by atoms with Gasteiger partial charge in [0.2, 0.25) is 10.0 Å². The fourth-order valence-electron chi connectivity index (χ4n) is 3.63. The van der Waals surface area contributed by atoms with Gasteiger partial charge in [-0.3, -0.25) is 4.79 Å². The minimum Gasteiger partial charge on any atom is -0.486 e. The Morgan fingerprint density at radius 3 is 2.62 bits per heavy atom. The number of hydrogen-bond acceptors (Lipinski definition) is 7. The number of nitrogens with one attached hydrogen (secondary N) is 1. The van der Waals surface area contributed by atoms with Gasteiger partial charge in [-0.1, -0.05) is 0 Å². The van der Waals surface area contributed by atoms with Gasteiger partial charge in [-0.25, -0.2) is 17.8 Å². The van der Waals surface area contributed by atoms with Crippen LogP contribution in [0.15, 0.2) is 40.0 Å². The predicted octanol–water partition coefficient (Wildman–Crippen LogP) is 0.810. The van der Waals surface area contributed by atoms with Gasteiger partial charge in [0.05, 0.1) is 35.9 Å². The van der Waals surface area contributed by atoms with Gasteiger partial charge in [0.1, 0.15) is 13.2 Å². The maximum atomic E-state index is 13.0. The molecule has 9 nitrogen and oxygen atoms in total. The van der Waals surface area contributed by atoms with E-state index in [1.807, 2.05) is 0 Å². The first-order valence-electron chi connectivity index (χ1n) is 9.61. The zero-order chi connectivity index (χ0) is 20.0. The summed E-state index contributed by atoms with van der Waals surface area (Å²) in [4.78, 5) is 12.4. The maximum Gasteiger partial charge on any atom is 0.267 e. The second kappa shape index (κ2) is 7.12. The third-order valence-electron chi connectivity index (χ3n) is 5.34. The molecular weight excluding hydrogens is 398 g/mol. The first-order chi connectivity index (χ1) is 14.0. The minimum atomic E-state index is -3.85. The van der Waals surface area contributed by atoms with Gasteiger partial charge in [-0.15, -0.1) is 0 Å². The van der Waals surface area contributed by atoms with Crippen molar-refractivity contribution in [3.63, 3.8) is 0 Å². The van der Waals surface area contributed by atoms with Crippen LogP contribution in [0.25, 0.3) is 0 Å². The van der Waals surface area contributed by atoms with Crippen LogP contribution in [-0.2, 0) is 14.8 Å². The van der Waals surface area contributed by atoms with E-state index < -0.39 is 22.1 Å². The highest BCUT2D eigenvalue weighted by molar-refractivity contribution is 7.89. The summed E-state index contributed by atoms with van der Waals surface area (Å²) in [7, 11) is -3.85. The third-order valence-corrected chi connectivity index (χ3v) is 6.82. The van der Waals surface area contributed by atoms with Crippen LogP contribution in [0.3, 0.4) is 0 Å². The van der Waals surface area contributed by atoms with Crippen LogP contribution in [0.5, 0.6) is 11.5 Å². The van der Waals surface area contributed by atoms with Gasteiger partial charge in [0.25, 0.3) is 5.56 Å². The van der Waals surface area contributed by atoms with Gasteiger partial charge in [-0.05, 0) is 31.0 Å². The standard InChI is InChI=1S/C19H21N3O6S/c23-19-6-4-14(12-1-2-12)20-22(19)16-11-26-10-15(16)21-29(24,25)13-3-5-17-18(9-13)28-8-7-27-17/h3-6,9,12,15-16,21H,1-2,7-8,10-11H2. The number of rotatable bonds is 5. The third kappa shape index (κ3) is 3.63. The van der Waals surface area contributed by atoms with Crippen LogP contribution >= 0.6 is 0 Å². The van der Waals surface area contributed by atoms with Crippen molar-refractivity contribution in [2.75, 3.05) is 26.4 Å². The van der Waals surface area contributed by atoms with Crippen LogP contribution in [-0.4, -0.2) is 50.7 Å². The molecule has 10 heteroatoms. The molecule has 2 fully saturated rings. The van der Waals surface area contributed by atoms with Gasteiger partial charge >= 0.3 is 0 Å². The molecule has 2 aromatic rings. The lowest BCUT2D eigenvalue weighted by molar-refractivity contribution is 0.171. The fourth-order valence-corrected chi connectivity index (χ4v) is 4.90. The minimum absolute atomic E-state index is 0.0689. The van der Waals surface area contributed by atoms with E-state index in [0.29, 0.717) is 30.6 Å². The summed E-state index contributed by atoms with van der Waals surface area (Å²) in [5, 5.41) is 4.48. The van der Waals surface area contributed by atoms with Crippen molar-refractivity contribution in [3.05, 3.63) is 46.4 Å². The van der Waals surface area contributed by atoms with Crippen LogP contribution in [0, 0.1) is 0 Å². The number of nitrogens with zero attached hydrogens (tertiary/aromatic N) is 2. The number of aromatic nitrogens is 2. The lowest BCUT2D eigenvalue weighted by Crippen LogP contribution is -2.44. The van der Waals surface area contributed by atoms with Crippen molar-refractivity contribution in [1.29, 1.82) is 0 Å². The molecule has 1 N–H and O–H groups in total. The molecule has 3 heterocycles. The average molecular weight is 419 g/mol. The molecule has 0 amide bonds. The smallest absolute Gasteiger partial charge is 0.267 e. The molecule has 1 saturated carbocycles. The molecule has 2 atom stereocenters. The lowest BCUT2D eigenvalue weighted by atomic mass is 10.2. The lowest BCUT2D eigenvalue weighted by Gasteiger charge is -2.22. The Morgan fingerprint density at radius 2 is 1.83 bits per heavy atom. The molecule has 0 radical (unpaired) electrons. The Hall–Kier alpha value is -2.43. The molecule has 0 spiro atoms. The summed E-state index contributed by atoms with van der Waals surface area (Å²) in [5.41, 5.74) is 0.596. The Bertz CT molecular complexity index is 1100. The number of ether oxygens (including phenoxy) is 3. The SMILES string of the molecule is O=c1ccc(C2CC2)nn1C1COCC1NS(=O)(=O)c1ccc2c(c1)OCCO2. The van der Waals surface area contributed by atoms with Gasteiger partial charge in [0, 0.05) is 18.1 Å². The molecule has 1 aliphatic carbocycles. The average Bonchev–Trinajstić information content (AvgIpc) is 3.48. The number of sulfonamides is 1. The fraction of sp³-hybridized carbons (Fsp3) is 0.474. The summed E-state index contributed by atoms with van der Waals surface area (Å²) in [5.74, 6) is 1.30. The van der Waals surface area contributed by atoms with Crippen molar-refractivity contribution in [1.82, 2.24) is 14.5 Å². The molecular formula is C19H21N3O6S. The molecule has 154 valence electrons. The Morgan fingerprint density at radius 1 is 1.03 bits per heavy atom. The van der Waals surface area contributed by atoms with Crippen molar-refractivity contribution >= 4 is 10.0 Å². The first-order valence-corrected chi connectivity index (χ1v) is 11.1. The largest absolute Gasteiger partial charge is 0.486 e. The van der Waals surface area contributed by atoms with Crippen molar-refractivity contribution in [2.24, 2.45) is 0 Å². The quantitative estimate of drug-likeness (QED) is 0.764. The topological polar surface area (TPSA) is 109 Å². The Balaban J connectivity index is 1.41. The normalized spacial score (nSPS) is 23.9. The maximum absolute atomic E-state index is 13.0. The monoisotopic (exact) mass is 419 g/mol. The number of benzene rings is 1. The van der Waals surface area contributed by atoms with Gasteiger partial charge in [-0.2, -0.15) is 5.10 Å². The highest BCUT2D eigenvalue weighted by Gasteiger charge is 2.36. The van der Waals surface area contributed by atoms with E-state index in [1.54, 1.807) is 12.1 Å². The molecule has 1 aromatic carbocycles. The summed E-state index contributed by atoms with van der Waals surface area (Å²) >= 11 is 0. The zero-order valence-electron chi connectivity index (χ0n) is 15.6. The first kappa shape index (κ1) is 18.6. The molecule has 0 bridgehead atoms. The van der Waals surface area contributed by atoms with Crippen LogP contribution in [0.2, 0.25) is 0 Å². The molecule has 5 rings (SSSR count). The molecule has 29 heavy (non-hydrogen) atoms. The molecule has 1 aromatic heterocycles. The summed E-state index contributed by atoms with van der Waals surface area (Å²) in [6.45, 7) is 1.18. The van der Waals surface area contributed by atoms with E-state index in [-0.39, 0.29) is 23.7 Å². The van der Waals surface area contributed by atoms with Crippen LogP contribution in [0.4, 0.5) is 0 Å². The highest BCUT2D eigenvalue weighted by atomic mass is 32.2. The summed E-state index contributed by atoms with van der Waals surface area (Å²) < 4.78 is 46.3. The van der Waals surface area contributed by atoms with E-state index >= 15 is 0 Å². The van der Waals surface area contributed by atoms with Crippen molar-refractivity contribution < 1.29 is 22.6 Å². The zero-order valence-corrected chi connectivity index (χ0v) is 16.4. The number of fused-ring (bicyclic) bond motifs is 1. The van der Waals surface area contributed by atoms with Crippen LogP contribution in [0.1, 0.15) is 30.5 Å². The molecule has 3 aliphatic rings. The molecule has 1 saturated heterocycles. The molecule has 2 unspecified atom stereocenters.